The van der Waals surface area contributed by atoms with E-state index in [9.17, 15) is 9.90 Å². The number of hydrogen-bond acceptors (Lipinski definition) is 5. The summed E-state index contributed by atoms with van der Waals surface area (Å²) in [5.41, 5.74) is 2.78. The number of nitrogens with one attached hydrogen (secondary N) is 1. The molecule has 2 aromatic carbocycles. The average molecular weight is 395 g/mol. The van der Waals surface area contributed by atoms with Crippen LogP contribution in [0.2, 0.25) is 0 Å². The van der Waals surface area contributed by atoms with Crippen molar-refractivity contribution >= 4 is 17.4 Å². The van der Waals surface area contributed by atoms with Crippen molar-refractivity contribution in [3.8, 4) is 16.3 Å². The number of benzene rings is 2. The lowest BCUT2D eigenvalue weighted by Gasteiger charge is -2.33. The minimum atomic E-state index is -0.240. The van der Waals surface area contributed by atoms with Gasteiger partial charge >= 0.3 is 6.03 Å². The maximum Gasteiger partial charge on any atom is 0.317 e. The van der Waals surface area contributed by atoms with E-state index < -0.39 is 0 Å². The predicted octanol–water partition coefficient (Wildman–Crippen LogP) is 3.80. The van der Waals surface area contributed by atoms with Crippen LogP contribution in [0.25, 0.3) is 10.6 Å². The fraction of sp³-hybridized carbons (Fsp3) is 0.238. The summed E-state index contributed by atoms with van der Waals surface area (Å²) in [4.78, 5) is 18.9. The molecule has 0 radical (unpaired) electrons. The topological polar surface area (TPSA) is 74.7 Å². The van der Waals surface area contributed by atoms with E-state index in [1.165, 1.54) is 0 Å². The normalized spacial score (nSPS) is 16.7. The minimum absolute atomic E-state index is 0.136. The lowest BCUT2D eigenvalue weighted by Crippen LogP contribution is -2.47. The molecule has 4 rings (SSSR count). The summed E-state index contributed by atoms with van der Waals surface area (Å²) in [5, 5.41) is 15.5. The van der Waals surface area contributed by atoms with Gasteiger partial charge in [0.2, 0.25) is 0 Å². The van der Waals surface area contributed by atoms with Gasteiger partial charge in [-0.3, -0.25) is 0 Å². The predicted molar refractivity (Wildman–Crippen MR) is 108 cm³/mol. The van der Waals surface area contributed by atoms with E-state index in [1.54, 1.807) is 34.4 Å². The number of amides is 2. The number of aromatic nitrogens is 1. The molecule has 144 valence electrons. The number of urea groups is 1. The molecule has 7 heteroatoms. The molecule has 1 unspecified atom stereocenters. The van der Waals surface area contributed by atoms with Crippen molar-refractivity contribution in [1.29, 1.82) is 0 Å². The number of ether oxygens (including phenoxy) is 1. The lowest BCUT2D eigenvalue weighted by molar-refractivity contribution is -0.0155. The summed E-state index contributed by atoms with van der Waals surface area (Å²) in [6.07, 6.45) is -0.240. The number of hydrogen-bond donors (Lipinski definition) is 2. The molecule has 1 aromatic heterocycles. The highest BCUT2D eigenvalue weighted by atomic mass is 32.1. The van der Waals surface area contributed by atoms with E-state index >= 15 is 0 Å². The van der Waals surface area contributed by atoms with Crippen molar-refractivity contribution in [3.05, 3.63) is 71.2 Å². The number of morpholine rings is 1. The maximum atomic E-state index is 12.6. The highest BCUT2D eigenvalue weighted by molar-refractivity contribution is 7.13. The molecule has 0 bridgehead atoms. The van der Waals surface area contributed by atoms with Crippen molar-refractivity contribution in [2.45, 2.75) is 12.6 Å². The first kappa shape index (κ1) is 18.5. The molecular formula is C21H21N3O3S. The molecule has 0 spiro atoms. The van der Waals surface area contributed by atoms with Gasteiger partial charge in [0.1, 0.15) is 16.9 Å². The number of phenolic OH excluding ortho intramolecular Hbond substituents is 1. The molecule has 1 saturated heterocycles. The second-order valence-corrected chi connectivity index (χ2v) is 7.43. The zero-order valence-corrected chi connectivity index (χ0v) is 16.1. The Morgan fingerprint density at radius 2 is 2.11 bits per heavy atom. The monoisotopic (exact) mass is 395 g/mol. The molecule has 2 N–H and O–H groups in total. The molecule has 1 fully saturated rings. The second kappa shape index (κ2) is 8.41. The van der Waals surface area contributed by atoms with Gasteiger partial charge in [0.25, 0.3) is 0 Å². The van der Waals surface area contributed by atoms with Gasteiger partial charge in [-0.25, -0.2) is 9.78 Å². The fourth-order valence-electron chi connectivity index (χ4n) is 3.14. The van der Waals surface area contributed by atoms with Crippen molar-refractivity contribution in [2.75, 3.05) is 19.7 Å². The molecule has 2 amide bonds. The Balaban J connectivity index is 1.34. The quantitative estimate of drug-likeness (QED) is 0.705. The van der Waals surface area contributed by atoms with E-state index in [1.807, 2.05) is 41.8 Å². The molecule has 3 aromatic rings. The first-order valence-corrected chi connectivity index (χ1v) is 10.00. The number of rotatable bonds is 4. The van der Waals surface area contributed by atoms with Gasteiger partial charge < -0.3 is 20.1 Å². The van der Waals surface area contributed by atoms with Gasteiger partial charge in [0, 0.05) is 17.5 Å². The number of nitrogens with zero attached hydrogens (tertiary/aromatic N) is 2. The van der Waals surface area contributed by atoms with E-state index in [-0.39, 0.29) is 17.9 Å². The molecule has 28 heavy (non-hydrogen) atoms. The highest BCUT2D eigenvalue weighted by Crippen LogP contribution is 2.25. The van der Waals surface area contributed by atoms with E-state index in [0.717, 1.165) is 21.8 Å². The van der Waals surface area contributed by atoms with Gasteiger partial charge in [-0.05, 0) is 17.7 Å². The molecule has 6 nitrogen and oxygen atoms in total. The first-order chi connectivity index (χ1) is 13.7. The Morgan fingerprint density at radius 3 is 2.93 bits per heavy atom. The lowest BCUT2D eigenvalue weighted by atomic mass is 10.1. The van der Waals surface area contributed by atoms with Crippen molar-refractivity contribution in [1.82, 2.24) is 15.2 Å². The first-order valence-electron chi connectivity index (χ1n) is 9.12. The largest absolute Gasteiger partial charge is 0.508 e. The summed E-state index contributed by atoms with van der Waals surface area (Å²) in [5.74, 6) is 0.195. The van der Waals surface area contributed by atoms with Crippen LogP contribution in [0.15, 0.2) is 60.0 Å². The summed E-state index contributed by atoms with van der Waals surface area (Å²) in [6, 6.07) is 16.8. The van der Waals surface area contributed by atoms with Gasteiger partial charge in [0.05, 0.1) is 25.4 Å². The summed E-state index contributed by atoms with van der Waals surface area (Å²) in [7, 11) is 0. The third kappa shape index (κ3) is 4.32. The van der Waals surface area contributed by atoms with Crippen molar-refractivity contribution < 1.29 is 14.6 Å². The summed E-state index contributed by atoms with van der Waals surface area (Å²) >= 11 is 1.57. The van der Waals surface area contributed by atoms with Gasteiger partial charge in [-0.1, -0.05) is 42.5 Å². The molecule has 0 aliphatic carbocycles. The third-order valence-corrected chi connectivity index (χ3v) is 5.53. The SMILES string of the molecule is O=C(NCc1csc(-c2ccccc2)n1)N1CCOC(c2cccc(O)c2)C1. The van der Waals surface area contributed by atoms with Crippen LogP contribution in [0.5, 0.6) is 5.75 Å². The fourth-order valence-corrected chi connectivity index (χ4v) is 3.97. The van der Waals surface area contributed by atoms with Gasteiger partial charge in [0.15, 0.2) is 0 Å². The van der Waals surface area contributed by atoms with E-state index in [4.69, 9.17) is 4.74 Å². The molecule has 1 atom stereocenters. The number of thiazole rings is 1. The average Bonchev–Trinajstić information content (AvgIpc) is 3.22. The molecule has 0 saturated carbocycles. The Hall–Kier alpha value is -2.90. The smallest absolute Gasteiger partial charge is 0.317 e. The standard InChI is InChI=1S/C21H21N3O3S/c25-18-8-4-7-16(11-18)19-13-24(9-10-27-19)21(26)22-12-17-14-28-20(23-17)15-5-2-1-3-6-15/h1-8,11,14,19,25H,9-10,12-13H2,(H,22,26). The number of carbonyl (C=O) groups excluding carboxylic acids is 1. The van der Waals surface area contributed by atoms with Crippen LogP contribution in [0.3, 0.4) is 0 Å². The van der Waals surface area contributed by atoms with Crippen LogP contribution >= 0.6 is 11.3 Å². The van der Waals surface area contributed by atoms with E-state index in [0.29, 0.717) is 26.2 Å². The van der Waals surface area contributed by atoms with Crippen molar-refractivity contribution in [3.63, 3.8) is 0 Å². The van der Waals surface area contributed by atoms with E-state index in [2.05, 4.69) is 10.3 Å². The minimum Gasteiger partial charge on any atom is -0.508 e. The van der Waals surface area contributed by atoms with Gasteiger partial charge in [-0.15, -0.1) is 11.3 Å². The zero-order valence-electron chi connectivity index (χ0n) is 15.2. The Kier molecular flexibility index (Phi) is 5.55. The maximum absolute atomic E-state index is 12.6. The number of carbonyl (C=O) groups is 1. The zero-order chi connectivity index (χ0) is 19.3. The highest BCUT2D eigenvalue weighted by Gasteiger charge is 2.25. The molecular weight excluding hydrogens is 374 g/mol. The molecule has 2 heterocycles. The van der Waals surface area contributed by atoms with Crippen LogP contribution in [0.4, 0.5) is 4.79 Å². The Bertz CT molecular complexity index is 945. The summed E-state index contributed by atoms with van der Waals surface area (Å²) in [6.45, 7) is 1.83. The van der Waals surface area contributed by atoms with Crippen LogP contribution < -0.4 is 5.32 Å². The third-order valence-electron chi connectivity index (χ3n) is 4.59. The Morgan fingerprint density at radius 1 is 1.25 bits per heavy atom. The Labute approximate surface area is 167 Å². The summed E-state index contributed by atoms with van der Waals surface area (Å²) < 4.78 is 5.77. The van der Waals surface area contributed by atoms with Crippen LogP contribution in [0, 0.1) is 0 Å². The number of phenols is 1. The number of aromatic hydroxyl groups is 1. The van der Waals surface area contributed by atoms with Crippen LogP contribution in [0.1, 0.15) is 17.4 Å². The van der Waals surface area contributed by atoms with Crippen molar-refractivity contribution in [2.24, 2.45) is 0 Å². The van der Waals surface area contributed by atoms with Crippen LogP contribution in [-0.4, -0.2) is 40.7 Å². The molecule has 1 aliphatic heterocycles. The van der Waals surface area contributed by atoms with Gasteiger partial charge in [-0.2, -0.15) is 0 Å². The van der Waals surface area contributed by atoms with Crippen LogP contribution in [-0.2, 0) is 11.3 Å². The second-order valence-electron chi connectivity index (χ2n) is 6.57. The molecule has 1 aliphatic rings.